The molecule has 0 N–H and O–H groups in total. The van der Waals surface area contributed by atoms with Crippen molar-refractivity contribution in [1.82, 2.24) is 0 Å². The van der Waals surface area contributed by atoms with Crippen molar-refractivity contribution in [1.29, 1.82) is 0 Å². The summed E-state index contributed by atoms with van der Waals surface area (Å²) < 4.78 is 5.42. The van der Waals surface area contributed by atoms with Crippen molar-refractivity contribution < 1.29 is 9.53 Å². The summed E-state index contributed by atoms with van der Waals surface area (Å²) in [5.74, 6) is 0.445. The van der Waals surface area contributed by atoms with E-state index >= 15 is 0 Å². The molecular weight excluding hydrogens is 284 g/mol. The summed E-state index contributed by atoms with van der Waals surface area (Å²) in [5.41, 5.74) is 0.339. The van der Waals surface area contributed by atoms with Gasteiger partial charge in [0.15, 0.2) is 0 Å². The van der Waals surface area contributed by atoms with Crippen molar-refractivity contribution in [3.05, 3.63) is 0 Å². The van der Waals surface area contributed by atoms with E-state index in [-0.39, 0.29) is 5.97 Å². The second-order valence-corrected chi connectivity index (χ2v) is 7.35. The SMILES string of the molecule is CCCCOC(=O)CC(C)C(CCCC)(CCCC)CCCC. The third kappa shape index (κ3) is 9.37. The molecule has 138 valence electrons. The Morgan fingerprint density at radius 3 is 1.65 bits per heavy atom. The average Bonchev–Trinajstić information content (AvgIpc) is 2.54. The smallest absolute Gasteiger partial charge is 0.306 e. The molecule has 2 nitrogen and oxygen atoms in total. The molecule has 0 aromatic rings. The number of carbonyl (C=O) groups is 1. The normalized spacial score (nSPS) is 13.1. The quantitative estimate of drug-likeness (QED) is 0.241. The summed E-state index contributed by atoms with van der Waals surface area (Å²) in [5, 5.41) is 0. The summed E-state index contributed by atoms with van der Waals surface area (Å²) >= 11 is 0. The Morgan fingerprint density at radius 2 is 1.26 bits per heavy atom. The van der Waals surface area contributed by atoms with Crippen LogP contribution in [0.1, 0.15) is 112 Å². The Balaban J connectivity index is 4.84. The second kappa shape index (κ2) is 13.9. The number of ether oxygens (including phenoxy) is 1. The van der Waals surface area contributed by atoms with Crippen molar-refractivity contribution in [3.8, 4) is 0 Å². The van der Waals surface area contributed by atoms with Crippen LogP contribution in [0.4, 0.5) is 0 Å². The molecule has 0 spiro atoms. The Hall–Kier alpha value is -0.530. The third-order valence-electron chi connectivity index (χ3n) is 5.36. The third-order valence-corrected chi connectivity index (χ3v) is 5.36. The van der Waals surface area contributed by atoms with Gasteiger partial charge < -0.3 is 4.74 Å². The molecule has 0 aromatic heterocycles. The first kappa shape index (κ1) is 22.5. The molecule has 0 saturated carbocycles. The van der Waals surface area contributed by atoms with E-state index in [0.29, 0.717) is 24.4 Å². The van der Waals surface area contributed by atoms with Gasteiger partial charge in [-0.1, -0.05) is 79.6 Å². The topological polar surface area (TPSA) is 26.3 Å². The van der Waals surface area contributed by atoms with Gasteiger partial charge in [-0.3, -0.25) is 4.79 Å². The zero-order chi connectivity index (χ0) is 17.6. The van der Waals surface area contributed by atoms with Crippen LogP contribution in [0.15, 0.2) is 0 Å². The van der Waals surface area contributed by atoms with Crippen LogP contribution in [0.25, 0.3) is 0 Å². The van der Waals surface area contributed by atoms with Crippen LogP contribution in [-0.2, 0) is 9.53 Å². The number of carbonyl (C=O) groups excluding carboxylic acids is 1. The number of rotatable bonds is 15. The van der Waals surface area contributed by atoms with Crippen molar-refractivity contribution in [3.63, 3.8) is 0 Å². The lowest BCUT2D eigenvalue weighted by Crippen LogP contribution is -2.31. The molecule has 23 heavy (non-hydrogen) atoms. The van der Waals surface area contributed by atoms with Gasteiger partial charge in [0.25, 0.3) is 0 Å². The fourth-order valence-corrected chi connectivity index (χ4v) is 3.56. The number of unbranched alkanes of at least 4 members (excludes halogenated alkanes) is 4. The lowest BCUT2D eigenvalue weighted by Gasteiger charge is -2.40. The summed E-state index contributed by atoms with van der Waals surface area (Å²) in [6.45, 7) is 11.8. The first-order chi connectivity index (χ1) is 11.1. The minimum absolute atomic E-state index is 0.0137. The minimum Gasteiger partial charge on any atom is -0.466 e. The molecule has 0 bridgehead atoms. The Morgan fingerprint density at radius 1 is 0.826 bits per heavy atom. The largest absolute Gasteiger partial charge is 0.466 e. The Labute approximate surface area is 145 Å². The summed E-state index contributed by atoms with van der Waals surface area (Å²) in [7, 11) is 0. The lowest BCUT2D eigenvalue weighted by atomic mass is 9.65. The van der Waals surface area contributed by atoms with Crippen LogP contribution in [0.2, 0.25) is 0 Å². The number of hydrogen-bond acceptors (Lipinski definition) is 2. The Kier molecular flexibility index (Phi) is 13.5. The van der Waals surface area contributed by atoms with Gasteiger partial charge in [-0.15, -0.1) is 0 Å². The van der Waals surface area contributed by atoms with Crippen LogP contribution in [0, 0.1) is 11.3 Å². The average molecular weight is 327 g/mol. The van der Waals surface area contributed by atoms with Crippen LogP contribution >= 0.6 is 0 Å². The molecule has 0 aliphatic carbocycles. The lowest BCUT2D eigenvalue weighted by molar-refractivity contribution is -0.146. The van der Waals surface area contributed by atoms with Gasteiger partial charge in [-0.25, -0.2) is 0 Å². The first-order valence-corrected chi connectivity index (χ1v) is 10.2. The molecule has 0 amide bonds. The summed E-state index contributed by atoms with van der Waals surface area (Å²) in [6.07, 6.45) is 14.0. The molecule has 0 aromatic carbocycles. The summed E-state index contributed by atoms with van der Waals surface area (Å²) in [4.78, 5) is 12.2. The van der Waals surface area contributed by atoms with Crippen molar-refractivity contribution in [2.45, 2.75) is 112 Å². The van der Waals surface area contributed by atoms with Crippen molar-refractivity contribution in [2.75, 3.05) is 6.61 Å². The highest BCUT2D eigenvalue weighted by Crippen LogP contribution is 2.44. The van der Waals surface area contributed by atoms with Crippen LogP contribution < -0.4 is 0 Å². The van der Waals surface area contributed by atoms with E-state index in [1.165, 1.54) is 57.8 Å². The van der Waals surface area contributed by atoms with Gasteiger partial charge in [0.2, 0.25) is 0 Å². The molecule has 0 heterocycles. The predicted molar refractivity (Wildman–Crippen MR) is 101 cm³/mol. The van der Waals surface area contributed by atoms with Crippen molar-refractivity contribution in [2.24, 2.45) is 11.3 Å². The highest BCUT2D eigenvalue weighted by atomic mass is 16.5. The highest BCUT2D eigenvalue weighted by Gasteiger charge is 2.35. The van der Waals surface area contributed by atoms with E-state index in [2.05, 4.69) is 34.6 Å². The standard InChI is InChI=1S/C21H42O2/c1-6-10-14-21(15-11-7-2,16-12-8-3)19(5)18-20(22)23-17-13-9-4/h19H,6-18H2,1-5H3. The van der Waals surface area contributed by atoms with Crippen LogP contribution in [0.3, 0.4) is 0 Å². The van der Waals surface area contributed by atoms with E-state index in [1.54, 1.807) is 0 Å². The zero-order valence-electron chi connectivity index (χ0n) is 16.6. The molecule has 1 unspecified atom stereocenters. The van der Waals surface area contributed by atoms with E-state index in [4.69, 9.17) is 4.74 Å². The van der Waals surface area contributed by atoms with Gasteiger partial charge in [-0.2, -0.15) is 0 Å². The maximum absolute atomic E-state index is 12.2. The maximum atomic E-state index is 12.2. The summed E-state index contributed by atoms with van der Waals surface area (Å²) in [6, 6.07) is 0. The van der Waals surface area contributed by atoms with E-state index in [1.807, 2.05) is 0 Å². The van der Waals surface area contributed by atoms with Gasteiger partial charge in [0.1, 0.15) is 0 Å². The highest BCUT2D eigenvalue weighted by molar-refractivity contribution is 5.69. The fourth-order valence-electron chi connectivity index (χ4n) is 3.56. The number of esters is 1. The molecule has 0 rings (SSSR count). The first-order valence-electron chi connectivity index (χ1n) is 10.2. The molecule has 0 saturated heterocycles. The second-order valence-electron chi connectivity index (χ2n) is 7.35. The molecule has 0 fully saturated rings. The zero-order valence-corrected chi connectivity index (χ0v) is 16.6. The fraction of sp³-hybridized carbons (Fsp3) is 0.952. The number of hydrogen-bond donors (Lipinski definition) is 0. The molecule has 0 aliphatic rings. The van der Waals surface area contributed by atoms with Crippen LogP contribution in [0.5, 0.6) is 0 Å². The van der Waals surface area contributed by atoms with Crippen molar-refractivity contribution >= 4 is 5.97 Å². The monoisotopic (exact) mass is 326 g/mol. The van der Waals surface area contributed by atoms with Gasteiger partial charge in [-0.05, 0) is 37.0 Å². The van der Waals surface area contributed by atoms with Gasteiger partial charge in [0, 0.05) is 6.42 Å². The minimum atomic E-state index is 0.0137. The molecule has 2 heteroatoms. The molecular formula is C21H42O2. The van der Waals surface area contributed by atoms with Gasteiger partial charge >= 0.3 is 5.97 Å². The van der Waals surface area contributed by atoms with Gasteiger partial charge in [0.05, 0.1) is 6.61 Å². The molecule has 0 aliphatic heterocycles. The Bertz CT molecular complexity index is 264. The van der Waals surface area contributed by atoms with E-state index in [9.17, 15) is 4.79 Å². The molecule has 1 atom stereocenters. The maximum Gasteiger partial charge on any atom is 0.306 e. The van der Waals surface area contributed by atoms with E-state index < -0.39 is 0 Å². The molecule has 0 radical (unpaired) electrons. The van der Waals surface area contributed by atoms with Crippen LogP contribution in [-0.4, -0.2) is 12.6 Å². The predicted octanol–water partition coefficient (Wildman–Crippen LogP) is 6.91. The van der Waals surface area contributed by atoms with E-state index in [0.717, 1.165) is 12.8 Å².